The topological polar surface area (TPSA) is 141 Å². The van der Waals surface area contributed by atoms with Crippen LogP contribution in [0.15, 0.2) is 0 Å². The van der Waals surface area contributed by atoms with E-state index in [0.717, 1.165) is 0 Å². The Morgan fingerprint density at radius 1 is 1.45 bits per heavy atom. The molecular weight excluding hydrogens is 177 g/mol. The van der Waals surface area contributed by atoms with Crippen LogP contribution in [0.25, 0.3) is 0 Å². The SMILES string of the molecule is CC(N)C(=O)O.O=P(O)(O)O. The molecule has 1 unspecified atom stereocenters. The molecule has 11 heavy (non-hydrogen) atoms. The van der Waals surface area contributed by atoms with Crippen molar-refractivity contribution in [3.8, 4) is 0 Å². The third kappa shape index (κ3) is 43.3. The second-order valence-electron chi connectivity index (χ2n) is 1.64. The van der Waals surface area contributed by atoms with Gasteiger partial charge in [-0.15, -0.1) is 0 Å². The minimum atomic E-state index is -4.64. The zero-order valence-electron chi connectivity index (χ0n) is 5.71. The van der Waals surface area contributed by atoms with Crippen LogP contribution in [0, 0.1) is 0 Å². The van der Waals surface area contributed by atoms with Crippen LogP contribution in [0.1, 0.15) is 6.92 Å². The zero-order chi connectivity index (χ0) is 9.65. The first kappa shape index (κ1) is 13.2. The van der Waals surface area contributed by atoms with Crippen molar-refractivity contribution >= 4 is 13.8 Å². The molecule has 7 nitrogen and oxygen atoms in total. The molecule has 0 aliphatic rings. The first-order valence-corrected chi connectivity index (χ1v) is 3.97. The van der Waals surface area contributed by atoms with Gasteiger partial charge < -0.3 is 25.5 Å². The highest BCUT2D eigenvalue weighted by molar-refractivity contribution is 7.45. The van der Waals surface area contributed by atoms with Gasteiger partial charge in [-0.1, -0.05) is 0 Å². The van der Waals surface area contributed by atoms with E-state index in [1.54, 1.807) is 0 Å². The van der Waals surface area contributed by atoms with Gasteiger partial charge >= 0.3 is 13.8 Å². The number of carbonyl (C=O) groups is 1. The molecule has 0 aromatic rings. The summed E-state index contributed by atoms with van der Waals surface area (Å²) < 4.78 is 8.88. The fourth-order valence-electron chi connectivity index (χ4n) is 0. The van der Waals surface area contributed by atoms with E-state index in [-0.39, 0.29) is 0 Å². The first-order valence-electron chi connectivity index (χ1n) is 2.41. The molecule has 0 saturated heterocycles. The number of phosphoric acid groups is 1. The molecule has 0 aliphatic heterocycles. The van der Waals surface area contributed by atoms with Crippen molar-refractivity contribution in [2.24, 2.45) is 5.73 Å². The molecule has 0 saturated carbocycles. The van der Waals surface area contributed by atoms with E-state index in [4.69, 9.17) is 30.1 Å². The summed E-state index contributed by atoms with van der Waals surface area (Å²) >= 11 is 0. The van der Waals surface area contributed by atoms with Gasteiger partial charge in [0.15, 0.2) is 0 Å². The summed E-state index contributed by atoms with van der Waals surface area (Å²) in [6.07, 6.45) is 0. The molecule has 0 heterocycles. The highest BCUT2D eigenvalue weighted by atomic mass is 31.2. The number of hydrogen-bond donors (Lipinski definition) is 5. The molecular formula is C3H10NO6P. The normalized spacial score (nSPS) is 12.8. The molecule has 0 fully saturated rings. The number of hydrogen-bond acceptors (Lipinski definition) is 3. The van der Waals surface area contributed by atoms with Crippen LogP contribution in [0.3, 0.4) is 0 Å². The predicted octanol–water partition coefficient (Wildman–Crippen LogP) is -1.51. The average molecular weight is 187 g/mol. The Hall–Kier alpha value is -0.460. The Balaban J connectivity index is 0. The molecule has 0 aliphatic carbocycles. The lowest BCUT2D eigenvalue weighted by molar-refractivity contribution is -0.138. The minimum Gasteiger partial charge on any atom is -0.480 e. The van der Waals surface area contributed by atoms with Gasteiger partial charge in [-0.3, -0.25) is 4.79 Å². The van der Waals surface area contributed by atoms with Crippen LogP contribution >= 0.6 is 7.82 Å². The summed E-state index contributed by atoms with van der Waals surface area (Å²) in [5.41, 5.74) is 4.84. The highest BCUT2D eigenvalue weighted by Crippen LogP contribution is 2.25. The lowest BCUT2D eigenvalue weighted by Gasteiger charge is -1.90. The van der Waals surface area contributed by atoms with E-state index < -0.39 is 19.8 Å². The molecule has 0 amide bonds. The maximum absolute atomic E-state index is 9.57. The fourth-order valence-corrected chi connectivity index (χ4v) is 0. The van der Waals surface area contributed by atoms with Crippen LogP contribution in [0.2, 0.25) is 0 Å². The number of aliphatic carboxylic acids is 1. The Morgan fingerprint density at radius 3 is 1.55 bits per heavy atom. The monoisotopic (exact) mass is 187 g/mol. The van der Waals surface area contributed by atoms with Crippen LogP contribution in [-0.2, 0) is 9.36 Å². The lowest BCUT2D eigenvalue weighted by Crippen LogP contribution is -2.25. The van der Waals surface area contributed by atoms with Gasteiger partial charge in [-0.25, -0.2) is 4.57 Å². The Morgan fingerprint density at radius 2 is 1.55 bits per heavy atom. The summed E-state index contributed by atoms with van der Waals surface area (Å²) in [6, 6.07) is -0.731. The Kier molecular flexibility index (Phi) is 6.25. The summed E-state index contributed by atoms with van der Waals surface area (Å²) in [5, 5.41) is 7.87. The van der Waals surface area contributed by atoms with Gasteiger partial charge in [-0.05, 0) is 6.92 Å². The third-order valence-electron chi connectivity index (χ3n) is 0.390. The predicted molar refractivity (Wildman–Crippen MR) is 35.5 cm³/mol. The molecule has 8 heteroatoms. The van der Waals surface area contributed by atoms with Crippen molar-refractivity contribution in [2.45, 2.75) is 13.0 Å². The smallest absolute Gasteiger partial charge is 0.466 e. The Labute approximate surface area is 62.7 Å². The van der Waals surface area contributed by atoms with Crippen LogP contribution < -0.4 is 5.73 Å². The molecule has 0 aromatic heterocycles. The van der Waals surface area contributed by atoms with E-state index in [0.29, 0.717) is 0 Å². The summed E-state index contributed by atoms with van der Waals surface area (Å²) in [6.45, 7) is 1.42. The van der Waals surface area contributed by atoms with Gasteiger partial charge in [0.1, 0.15) is 6.04 Å². The molecule has 6 N–H and O–H groups in total. The quantitative estimate of drug-likeness (QED) is 0.314. The third-order valence-corrected chi connectivity index (χ3v) is 0.390. The molecule has 68 valence electrons. The summed E-state index contributed by atoms with van der Waals surface area (Å²) in [4.78, 5) is 31.1. The molecule has 0 aromatic carbocycles. The summed E-state index contributed by atoms with van der Waals surface area (Å²) in [7, 11) is -4.64. The maximum Gasteiger partial charge on any atom is 0.466 e. The van der Waals surface area contributed by atoms with E-state index in [1.807, 2.05) is 0 Å². The molecule has 0 spiro atoms. The van der Waals surface area contributed by atoms with Gasteiger partial charge in [0.2, 0.25) is 0 Å². The van der Waals surface area contributed by atoms with Crippen LogP contribution in [0.4, 0.5) is 0 Å². The van der Waals surface area contributed by atoms with Crippen molar-refractivity contribution in [3.63, 3.8) is 0 Å². The minimum absolute atomic E-state index is 0.731. The van der Waals surface area contributed by atoms with Crippen molar-refractivity contribution in [1.29, 1.82) is 0 Å². The van der Waals surface area contributed by atoms with Gasteiger partial charge in [0.05, 0.1) is 0 Å². The fraction of sp³-hybridized carbons (Fsp3) is 0.667. The molecule has 1 atom stereocenters. The van der Waals surface area contributed by atoms with Crippen molar-refractivity contribution in [3.05, 3.63) is 0 Å². The maximum atomic E-state index is 9.57. The van der Waals surface area contributed by atoms with Gasteiger partial charge in [-0.2, -0.15) is 0 Å². The summed E-state index contributed by atoms with van der Waals surface area (Å²) in [5.74, 6) is -0.963. The highest BCUT2D eigenvalue weighted by Gasteiger charge is 2.00. The van der Waals surface area contributed by atoms with Crippen molar-refractivity contribution < 1.29 is 29.1 Å². The lowest BCUT2D eigenvalue weighted by atomic mass is 10.4. The molecule has 0 bridgehead atoms. The standard InChI is InChI=1S/C3H7NO2.H3O4P/c1-2(4)3(5)6;1-5(2,3)4/h2H,4H2,1H3,(H,5,6);(H3,1,2,3,4). The van der Waals surface area contributed by atoms with E-state index in [1.165, 1.54) is 6.92 Å². The molecule has 0 radical (unpaired) electrons. The van der Waals surface area contributed by atoms with Crippen molar-refractivity contribution in [2.75, 3.05) is 0 Å². The Bertz CT molecular complexity index is 153. The largest absolute Gasteiger partial charge is 0.480 e. The number of nitrogens with two attached hydrogens (primary N) is 1. The van der Waals surface area contributed by atoms with E-state index in [9.17, 15) is 4.79 Å². The zero-order valence-corrected chi connectivity index (χ0v) is 6.60. The first-order chi connectivity index (χ1) is 4.64. The van der Waals surface area contributed by atoms with Crippen LogP contribution in [-0.4, -0.2) is 31.8 Å². The van der Waals surface area contributed by atoms with Crippen LogP contribution in [0.5, 0.6) is 0 Å². The average Bonchev–Trinajstić information content (AvgIpc) is 1.59. The van der Waals surface area contributed by atoms with Gasteiger partial charge in [0, 0.05) is 0 Å². The number of carboxylic acid groups (broad SMARTS) is 1. The second kappa shape index (κ2) is 5.22. The van der Waals surface area contributed by atoms with Crippen molar-refractivity contribution in [1.82, 2.24) is 0 Å². The number of rotatable bonds is 1. The number of carboxylic acids is 1. The van der Waals surface area contributed by atoms with Gasteiger partial charge in [0.25, 0.3) is 0 Å². The van der Waals surface area contributed by atoms with E-state index >= 15 is 0 Å². The second-order valence-corrected chi connectivity index (χ2v) is 2.67. The molecule has 0 rings (SSSR count). The van der Waals surface area contributed by atoms with E-state index in [2.05, 4.69) is 0 Å².